The average molecular weight is 434 g/mol. The van der Waals surface area contributed by atoms with E-state index in [2.05, 4.69) is 5.32 Å². The smallest absolute Gasteiger partial charge is 0.407 e. The van der Waals surface area contributed by atoms with Crippen molar-refractivity contribution in [3.05, 3.63) is 65.7 Å². The van der Waals surface area contributed by atoms with Gasteiger partial charge >= 0.3 is 6.09 Å². The monoisotopic (exact) mass is 433 g/mol. The summed E-state index contributed by atoms with van der Waals surface area (Å²) in [5.74, 6) is -0.0727. The highest BCUT2D eigenvalue weighted by atomic mass is 32.2. The molecule has 0 heterocycles. The van der Waals surface area contributed by atoms with Crippen LogP contribution in [0.4, 0.5) is 4.79 Å². The second kappa shape index (κ2) is 11.1. The van der Waals surface area contributed by atoms with E-state index in [0.29, 0.717) is 19.6 Å². The first kappa shape index (κ1) is 23.9. The minimum absolute atomic E-state index is 0.0727. The highest BCUT2D eigenvalue weighted by molar-refractivity contribution is 7.89. The molecule has 2 rings (SSSR count). The van der Waals surface area contributed by atoms with Gasteiger partial charge in [0.1, 0.15) is 6.61 Å². The summed E-state index contributed by atoms with van der Waals surface area (Å²) in [5, 5.41) is 2.74. The Morgan fingerprint density at radius 1 is 1.03 bits per heavy atom. The predicted octanol–water partition coefficient (Wildman–Crippen LogP) is 2.90. The van der Waals surface area contributed by atoms with Gasteiger partial charge in [0.05, 0.1) is 4.90 Å². The van der Waals surface area contributed by atoms with Crippen LogP contribution in [0, 0.1) is 0 Å². The Morgan fingerprint density at radius 3 is 2.40 bits per heavy atom. The van der Waals surface area contributed by atoms with Gasteiger partial charge < -0.3 is 15.0 Å². The lowest BCUT2D eigenvalue weighted by atomic mass is 10.0. The summed E-state index contributed by atoms with van der Waals surface area (Å²) in [6, 6.07) is 16.3. The molecule has 0 aliphatic rings. The molecule has 2 aromatic rings. The summed E-state index contributed by atoms with van der Waals surface area (Å²) in [7, 11) is 1.82. The van der Waals surface area contributed by atoms with Crippen LogP contribution in [0.5, 0.6) is 0 Å². The number of rotatable bonds is 10. The fraction of sp³-hybridized carbons (Fsp3) is 0.409. The molecule has 0 saturated heterocycles. The van der Waals surface area contributed by atoms with E-state index >= 15 is 0 Å². The first-order valence-corrected chi connectivity index (χ1v) is 11.3. The number of carbonyl (C=O) groups excluding carboxylic acids is 1. The maximum atomic E-state index is 12.8. The fourth-order valence-electron chi connectivity index (χ4n) is 2.75. The van der Waals surface area contributed by atoms with E-state index in [1.807, 2.05) is 62.3 Å². The Labute approximate surface area is 179 Å². The molecule has 0 aliphatic heterocycles. The summed E-state index contributed by atoms with van der Waals surface area (Å²) in [4.78, 5) is 14.1. The van der Waals surface area contributed by atoms with Crippen molar-refractivity contribution in [1.29, 1.82) is 0 Å². The second-order valence-electron chi connectivity index (χ2n) is 7.55. The Kier molecular flexibility index (Phi) is 8.83. The molecule has 164 valence electrons. The van der Waals surface area contributed by atoms with Gasteiger partial charge in [-0.3, -0.25) is 0 Å². The van der Waals surface area contributed by atoms with Crippen molar-refractivity contribution in [3.8, 4) is 0 Å². The van der Waals surface area contributed by atoms with E-state index in [4.69, 9.17) is 4.74 Å². The van der Waals surface area contributed by atoms with Gasteiger partial charge in [0, 0.05) is 26.7 Å². The fourth-order valence-corrected chi connectivity index (χ4v) is 3.97. The van der Waals surface area contributed by atoms with Crippen LogP contribution < -0.4 is 5.32 Å². The van der Waals surface area contributed by atoms with E-state index in [1.165, 1.54) is 4.31 Å². The molecule has 7 nitrogen and oxygen atoms in total. The summed E-state index contributed by atoms with van der Waals surface area (Å²) in [6.45, 7) is 3.52. The first-order chi connectivity index (χ1) is 14.2. The van der Waals surface area contributed by atoms with E-state index < -0.39 is 16.1 Å². The lowest BCUT2D eigenvalue weighted by Gasteiger charge is -2.20. The van der Waals surface area contributed by atoms with E-state index in [0.717, 1.165) is 11.1 Å². The van der Waals surface area contributed by atoms with Gasteiger partial charge in [-0.1, -0.05) is 49.4 Å². The van der Waals surface area contributed by atoms with Gasteiger partial charge in [-0.2, -0.15) is 4.31 Å². The molecule has 0 spiro atoms. The van der Waals surface area contributed by atoms with Crippen LogP contribution in [0.3, 0.4) is 0 Å². The van der Waals surface area contributed by atoms with Crippen LogP contribution in [0.15, 0.2) is 59.5 Å². The highest BCUT2D eigenvalue weighted by Gasteiger charge is 2.21. The number of likely N-dealkylation sites (N-methyl/N-ethyl adjacent to an activating group) is 2. The van der Waals surface area contributed by atoms with Crippen LogP contribution in [0.1, 0.15) is 24.0 Å². The Hall–Kier alpha value is -2.42. The van der Waals surface area contributed by atoms with Crippen molar-refractivity contribution in [1.82, 2.24) is 14.5 Å². The number of alkyl carbamates (subject to hydrolysis) is 1. The minimum Gasteiger partial charge on any atom is -0.445 e. The average Bonchev–Trinajstić information content (AvgIpc) is 2.75. The van der Waals surface area contributed by atoms with Gasteiger partial charge in [-0.05, 0) is 43.3 Å². The number of amides is 1. The molecule has 0 radical (unpaired) electrons. The van der Waals surface area contributed by atoms with Gasteiger partial charge in [0.15, 0.2) is 0 Å². The van der Waals surface area contributed by atoms with Crippen LogP contribution >= 0.6 is 0 Å². The van der Waals surface area contributed by atoms with Crippen molar-refractivity contribution in [2.75, 3.05) is 40.8 Å². The molecule has 0 aromatic heterocycles. The molecule has 1 amide bonds. The predicted molar refractivity (Wildman–Crippen MR) is 118 cm³/mol. The van der Waals surface area contributed by atoms with Crippen molar-refractivity contribution >= 4 is 16.1 Å². The molecule has 1 unspecified atom stereocenters. The third kappa shape index (κ3) is 7.12. The summed E-state index contributed by atoms with van der Waals surface area (Å²) in [5.41, 5.74) is 1.75. The molecule has 1 atom stereocenters. The normalized spacial score (nSPS) is 12.7. The van der Waals surface area contributed by atoms with Crippen LogP contribution in [0.2, 0.25) is 0 Å². The third-order valence-corrected chi connectivity index (χ3v) is 6.62. The van der Waals surface area contributed by atoms with Crippen molar-refractivity contribution in [2.45, 2.75) is 24.3 Å². The molecule has 30 heavy (non-hydrogen) atoms. The molecule has 2 aromatic carbocycles. The molecule has 1 N–H and O–H groups in total. The largest absolute Gasteiger partial charge is 0.445 e. The number of benzene rings is 2. The number of nitrogens with one attached hydrogen (secondary N) is 1. The van der Waals surface area contributed by atoms with Crippen LogP contribution in [-0.4, -0.2) is 64.5 Å². The van der Waals surface area contributed by atoms with E-state index in [1.54, 1.807) is 25.2 Å². The lowest BCUT2D eigenvalue weighted by molar-refractivity contribution is 0.139. The van der Waals surface area contributed by atoms with Crippen molar-refractivity contribution in [3.63, 3.8) is 0 Å². The number of sulfonamides is 1. The number of ether oxygens (including phenoxy) is 1. The Morgan fingerprint density at radius 2 is 1.73 bits per heavy atom. The molecule has 0 saturated carbocycles. The van der Waals surface area contributed by atoms with E-state index in [9.17, 15) is 13.2 Å². The van der Waals surface area contributed by atoms with Crippen LogP contribution in [0.25, 0.3) is 0 Å². The van der Waals surface area contributed by atoms with Gasteiger partial charge in [0.25, 0.3) is 0 Å². The number of nitrogens with zero attached hydrogens (tertiary/aromatic N) is 2. The van der Waals surface area contributed by atoms with Gasteiger partial charge in [-0.25, -0.2) is 13.2 Å². The second-order valence-corrected chi connectivity index (χ2v) is 9.59. The summed E-state index contributed by atoms with van der Waals surface area (Å²) < 4.78 is 32.2. The number of carbonyl (C=O) groups is 1. The first-order valence-electron chi connectivity index (χ1n) is 9.85. The summed E-state index contributed by atoms with van der Waals surface area (Å²) in [6.07, 6.45) is -0.502. The van der Waals surface area contributed by atoms with Gasteiger partial charge in [-0.15, -0.1) is 0 Å². The maximum Gasteiger partial charge on any atom is 0.407 e. The highest BCUT2D eigenvalue weighted by Crippen LogP contribution is 2.21. The molecular weight excluding hydrogens is 402 g/mol. The van der Waals surface area contributed by atoms with Gasteiger partial charge in [0.2, 0.25) is 10.0 Å². The van der Waals surface area contributed by atoms with E-state index in [-0.39, 0.29) is 17.4 Å². The Balaban J connectivity index is 1.93. The quantitative estimate of drug-likeness (QED) is 0.623. The van der Waals surface area contributed by atoms with Crippen molar-refractivity contribution in [2.24, 2.45) is 0 Å². The topological polar surface area (TPSA) is 78.9 Å². The lowest BCUT2D eigenvalue weighted by Crippen LogP contribution is -2.33. The Bertz CT molecular complexity index is 917. The zero-order valence-corrected chi connectivity index (χ0v) is 18.9. The molecule has 0 fully saturated rings. The molecule has 8 heteroatoms. The van der Waals surface area contributed by atoms with Crippen LogP contribution in [-0.2, 0) is 21.4 Å². The van der Waals surface area contributed by atoms with Crippen molar-refractivity contribution < 1.29 is 17.9 Å². The standard InChI is InChI=1S/C22H31N3O4S/c1-18(16-23-22(26)29-17-19-9-6-5-7-10-19)20-11-8-12-21(15-20)30(27,28)25(4)14-13-24(2)3/h5-12,15,18H,13-14,16-17H2,1-4H3,(H,23,26). The molecular formula is C22H31N3O4S. The maximum absolute atomic E-state index is 12.8. The number of hydrogen-bond donors (Lipinski definition) is 1. The molecule has 0 bridgehead atoms. The number of hydrogen-bond acceptors (Lipinski definition) is 5. The zero-order chi connectivity index (χ0) is 22.1. The summed E-state index contributed by atoms with van der Waals surface area (Å²) >= 11 is 0. The zero-order valence-electron chi connectivity index (χ0n) is 18.0. The SMILES string of the molecule is CC(CNC(=O)OCc1ccccc1)c1cccc(S(=O)(=O)N(C)CCN(C)C)c1. The minimum atomic E-state index is -3.57. The molecule has 0 aliphatic carbocycles. The third-order valence-electron chi connectivity index (χ3n) is 4.76.